The van der Waals surface area contributed by atoms with Crippen LogP contribution in [-0.4, -0.2) is 67.5 Å². The van der Waals surface area contributed by atoms with Gasteiger partial charge in [0, 0.05) is 19.4 Å². The quantitative estimate of drug-likeness (QED) is 0.265. The normalized spacial score (nSPS) is 18.1. The molecule has 1 fully saturated rings. The van der Waals surface area contributed by atoms with Gasteiger partial charge in [0.2, 0.25) is 17.7 Å². The number of primary amides is 1. The summed E-state index contributed by atoms with van der Waals surface area (Å²) in [6.07, 6.45) is 2.46. The van der Waals surface area contributed by atoms with Crippen LogP contribution in [0.15, 0.2) is 83.6 Å². The van der Waals surface area contributed by atoms with Gasteiger partial charge in [0.25, 0.3) is 0 Å². The van der Waals surface area contributed by atoms with Gasteiger partial charge in [-0.3, -0.25) is 14.4 Å². The van der Waals surface area contributed by atoms with Gasteiger partial charge in [-0.2, -0.15) is 0 Å². The first-order valence-corrected chi connectivity index (χ1v) is 13.9. The zero-order valence-electron chi connectivity index (χ0n) is 23.5. The van der Waals surface area contributed by atoms with E-state index in [0.29, 0.717) is 11.5 Å². The summed E-state index contributed by atoms with van der Waals surface area (Å²) in [5.74, 6) is -1.33. The van der Waals surface area contributed by atoms with Crippen LogP contribution >= 0.6 is 0 Å². The molecule has 4 unspecified atom stereocenters. The zero-order chi connectivity index (χ0) is 29.8. The van der Waals surface area contributed by atoms with E-state index in [1.807, 2.05) is 68.4 Å². The van der Waals surface area contributed by atoms with Crippen LogP contribution in [0.3, 0.4) is 0 Å². The largest absolute Gasteiger partial charge is 0.463 e. The number of hydrogen-bond acceptors (Lipinski definition) is 7. The van der Waals surface area contributed by atoms with Crippen LogP contribution in [0.2, 0.25) is 0 Å². The summed E-state index contributed by atoms with van der Waals surface area (Å²) in [5.41, 5.74) is 9.05. The lowest BCUT2D eigenvalue weighted by molar-refractivity contribution is -0.143. The fourth-order valence-electron chi connectivity index (χ4n) is 5.32. The summed E-state index contributed by atoms with van der Waals surface area (Å²) in [7, 11) is 0. The SMILES string of the molecule is CC(C)C(C(=O)N1CC(O)CC1C(=O)NC(Cc1ccc(-c2ccccc2)cc1)C(N)=O)n1cc(-c2ccco2)nn1. The molecule has 11 nitrogen and oxygen atoms in total. The Labute approximate surface area is 243 Å². The topological polar surface area (TPSA) is 157 Å². The van der Waals surface area contributed by atoms with Crippen molar-refractivity contribution in [3.63, 3.8) is 0 Å². The molecule has 4 N–H and O–H groups in total. The van der Waals surface area contributed by atoms with Crippen LogP contribution in [0.25, 0.3) is 22.6 Å². The van der Waals surface area contributed by atoms with Gasteiger partial charge < -0.3 is 25.5 Å². The molecule has 4 atom stereocenters. The molecular formula is C31H34N6O5. The number of likely N-dealkylation sites (tertiary alicyclic amines) is 1. The number of nitrogens with two attached hydrogens (primary N) is 1. The molecule has 1 saturated heterocycles. The Kier molecular flexibility index (Phi) is 8.48. The third-order valence-corrected chi connectivity index (χ3v) is 7.48. The summed E-state index contributed by atoms with van der Waals surface area (Å²) >= 11 is 0. The number of aliphatic hydroxyl groups excluding tert-OH is 1. The van der Waals surface area contributed by atoms with Crippen LogP contribution in [-0.2, 0) is 20.8 Å². The molecular weight excluding hydrogens is 536 g/mol. The maximum absolute atomic E-state index is 13.8. The fraction of sp³-hybridized carbons (Fsp3) is 0.323. The van der Waals surface area contributed by atoms with Crippen LogP contribution in [0.4, 0.5) is 0 Å². The van der Waals surface area contributed by atoms with E-state index in [2.05, 4.69) is 15.6 Å². The molecule has 2 aromatic carbocycles. The van der Waals surface area contributed by atoms with E-state index in [1.54, 1.807) is 18.3 Å². The molecule has 42 heavy (non-hydrogen) atoms. The molecule has 3 heterocycles. The zero-order valence-corrected chi connectivity index (χ0v) is 23.5. The van der Waals surface area contributed by atoms with Gasteiger partial charge in [-0.1, -0.05) is 73.7 Å². The first-order chi connectivity index (χ1) is 20.2. The highest BCUT2D eigenvalue weighted by Crippen LogP contribution is 2.28. The fourth-order valence-corrected chi connectivity index (χ4v) is 5.32. The molecule has 11 heteroatoms. The molecule has 218 valence electrons. The predicted molar refractivity (Wildman–Crippen MR) is 154 cm³/mol. The van der Waals surface area contributed by atoms with Crippen LogP contribution in [0.5, 0.6) is 0 Å². The summed E-state index contributed by atoms with van der Waals surface area (Å²) in [4.78, 5) is 41.0. The standard InChI is InChI=1S/C31H34N6O5/c1-19(2)28(37-18-25(34-35-37)27-9-6-14-42-27)31(41)36-17-23(38)16-26(36)30(40)33-24(29(32)39)15-20-10-12-22(13-11-20)21-7-4-3-5-8-21/h3-14,18-19,23-24,26,28,38H,15-17H2,1-2H3,(H2,32,39)(H,33,40). The van der Waals surface area contributed by atoms with Crippen molar-refractivity contribution in [1.29, 1.82) is 0 Å². The van der Waals surface area contributed by atoms with Crippen molar-refractivity contribution in [2.24, 2.45) is 11.7 Å². The number of hydrogen-bond donors (Lipinski definition) is 3. The lowest BCUT2D eigenvalue weighted by atomic mass is 10.00. The van der Waals surface area contributed by atoms with E-state index in [9.17, 15) is 19.5 Å². The summed E-state index contributed by atoms with van der Waals surface area (Å²) in [5, 5.41) is 21.5. The lowest BCUT2D eigenvalue weighted by Crippen LogP contribution is -2.54. The molecule has 0 saturated carbocycles. The molecule has 0 radical (unpaired) electrons. The van der Waals surface area contributed by atoms with E-state index >= 15 is 0 Å². The Balaban J connectivity index is 1.30. The van der Waals surface area contributed by atoms with Gasteiger partial charge in [-0.25, -0.2) is 4.68 Å². The molecule has 1 aliphatic heterocycles. The molecule has 2 aromatic heterocycles. The predicted octanol–water partition coefficient (Wildman–Crippen LogP) is 2.58. The second-order valence-electron chi connectivity index (χ2n) is 10.9. The average molecular weight is 571 g/mol. The number of furan rings is 1. The van der Waals surface area contributed by atoms with Gasteiger partial charge in [0.1, 0.15) is 23.8 Å². The molecule has 5 rings (SSSR count). The van der Waals surface area contributed by atoms with E-state index in [0.717, 1.165) is 16.7 Å². The lowest BCUT2D eigenvalue weighted by Gasteiger charge is -2.30. The number of aromatic nitrogens is 3. The van der Waals surface area contributed by atoms with Crippen molar-refractivity contribution in [2.75, 3.05) is 6.54 Å². The van der Waals surface area contributed by atoms with Crippen molar-refractivity contribution in [3.05, 3.63) is 84.8 Å². The van der Waals surface area contributed by atoms with Gasteiger partial charge in [0.15, 0.2) is 5.76 Å². The van der Waals surface area contributed by atoms with Gasteiger partial charge in [0.05, 0.1) is 18.6 Å². The van der Waals surface area contributed by atoms with Crippen LogP contribution < -0.4 is 11.1 Å². The Hall–Kier alpha value is -4.77. The highest BCUT2D eigenvalue weighted by molar-refractivity contribution is 5.93. The number of β-amino-alcohol motifs (C(OH)–C–C–N with tert-alkyl or cyclic N) is 1. The number of amides is 3. The van der Waals surface area contributed by atoms with Gasteiger partial charge in [-0.15, -0.1) is 5.10 Å². The highest BCUT2D eigenvalue weighted by Gasteiger charge is 2.43. The Morgan fingerprint density at radius 1 is 1.05 bits per heavy atom. The van der Waals surface area contributed by atoms with Crippen LogP contribution in [0.1, 0.15) is 31.9 Å². The Morgan fingerprint density at radius 3 is 2.40 bits per heavy atom. The summed E-state index contributed by atoms with van der Waals surface area (Å²) in [6.45, 7) is 3.71. The van der Waals surface area contributed by atoms with Crippen molar-refractivity contribution in [3.8, 4) is 22.6 Å². The monoisotopic (exact) mass is 570 g/mol. The van der Waals surface area contributed by atoms with E-state index in [1.165, 1.54) is 15.8 Å². The van der Waals surface area contributed by atoms with Crippen molar-refractivity contribution < 1.29 is 23.9 Å². The number of carbonyl (C=O) groups excluding carboxylic acids is 3. The van der Waals surface area contributed by atoms with Crippen LogP contribution in [0, 0.1) is 5.92 Å². The second-order valence-corrected chi connectivity index (χ2v) is 10.9. The Morgan fingerprint density at radius 2 is 1.76 bits per heavy atom. The minimum atomic E-state index is -0.998. The van der Waals surface area contributed by atoms with Crippen molar-refractivity contribution in [2.45, 2.75) is 50.9 Å². The molecule has 0 aliphatic carbocycles. The highest BCUT2D eigenvalue weighted by atomic mass is 16.3. The molecule has 1 aliphatic rings. The van der Waals surface area contributed by atoms with E-state index in [4.69, 9.17) is 10.2 Å². The third-order valence-electron chi connectivity index (χ3n) is 7.48. The minimum absolute atomic E-state index is 0.0257. The maximum Gasteiger partial charge on any atom is 0.248 e. The number of rotatable bonds is 10. The second kappa shape index (κ2) is 12.4. The molecule has 0 spiro atoms. The number of nitrogens with zero attached hydrogens (tertiary/aromatic N) is 4. The Bertz CT molecular complexity index is 1520. The number of benzene rings is 2. The minimum Gasteiger partial charge on any atom is -0.463 e. The van der Waals surface area contributed by atoms with E-state index < -0.39 is 36.0 Å². The average Bonchev–Trinajstić information content (AvgIpc) is 3.75. The maximum atomic E-state index is 13.8. The summed E-state index contributed by atoms with van der Waals surface area (Å²) in [6, 6.07) is 18.3. The smallest absolute Gasteiger partial charge is 0.248 e. The van der Waals surface area contributed by atoms with Crippen molar-refractivity contribution in [1.82, 2.24) is 25.2 Å². The summed E-state index contributed by atoms with van der Waals surface area (Å²) < 4.78 is 6.84. The number of aliphatic hydroxyl groups is 1. The van der Waals surface area contributed by atoms with Gasteiger partial charge in [-0.05, 0) is 34.7 Å². The number of carbonyl (C=O) groups is 3. The van der Waals surface area contributed by atoms with Gasteiger partial charge >= 0.3 is 0 Å². The molecule has 3 amide bonds. The first-order valence-electron chi connectivity index (χ1n) is 13.9. The third kappa shape index (κ3) is 6.26. The van der Waals surface area contributed by atoms with Crippen molar-refractivity contribution >= 4 is 17.7 Å². The molecule has 4 aromatic rings. The number of nitrogens with one attached hydrogen (secondary N) is 1. The van der Waals surface area contributed by atoms with E-state index in [-0.39, 0.29) is 31.2 Å². The first kappa shape index (κ1) is 28.7. The molecule has 0 bridgehead atoms.